The Morgan fingerprint density at radius 1 is 1.75 bits per heavy atom. The third kappa shape index (κ3) is 3.91. The zero-order valence-corrected chi connectivity index (χ0v) is 5.64. The van der Waals surface area contributed by atoms with E-state index in [-0.39, 0.29) is 5.56 Å². The maximum absolute atomic E-state index is 7.32. The van der Waals surface area contributed by atoms with Gasteiger partial charge in [0, 0.05) is 6.92 Å². The van der Waals surface area contributed by atoms with E-state index in [1.54, 1.807) is 6.07 Å². The van der Waals surface area contributed by atoms with Crippen molar-refractivity contribution in [1.29, 1.82) is 5.26 Å². The van der Waals surface area contributed by atoms with Crippen molar-refractivity contribution in [3.63, 3.8) is 0 Å². The Labute approximate surface area is 54.0 Å². The first-order chi connectivity index (χ1) is 3.72. The molecule has 1 aliphatic heterocycles. The summed E-state index contributed by atoms with van der Waals surface area (Å²) in [5.74, 6) is 0. The molecule has 46 valence electrons. The Kier molecular flexibility index (Phi) is 3.59. The topological polar surface area (TPSA) is 36.3 Å². The van der Waals surface area contributed by atoms with E-state index in [4.69, 9.17) is 16.9 Å². The van der Waals surface area contributed by atoms with Crippen molar-refractivity contribution >= 4 is 11.6 Å². The first-order valence-corrected chi connectivity index (χ1v) is 2.76. The van der Waals surface area contributed by atoms with E-state index in [9.17, 15) is 0 Å². The Morgan fingerprint density at radius 2 is 1.88 bits per heavy atom. The van der Waals surface area contributed by atoms with Crippen molar-refractivity contribution in [3.05, 3.63) is 0 Å². The van der Waals surface area contributed by atoms with Gasteiger partial charge in [0.2, 0.25) is 0 Å². The lowest BCUT2D eigenvalue weighted by atomic mass is 10.6. The summed E-state index contributed by atoms with van der Waals surface area (Å²) >= 11 is 5.31. The standard InChI is InChI=1S/C3H5ClO.C2H3N/c1-2-3(4)5-2;1-2-3/h2-3H,1H3;1H3. The third-order valence-electron chi connectivity index (χ3n) is 0.637. The summed E-state index contributed by atoms with van der Waals surface area (Å²) in [5, 5.41) is 7.32. The summed E-state index contributed by atoms with van der Waals surface area (Å²) in [4.78, 5) is 0. The van der Waals surface area contributed by atoms with Crippen LogP contribution in [0.5, 0.6) is 0 Å². The normalized spacial score (nSPS) is 31.8. The van der Waals surface area contributed by atoms with Crippen molar-refractivity contribution in [2.45, 2.75) is 25.5 Å². The molecule has 1 rings (SSSR count). The molecule has 3 heteroatoms. The molecule has 0 radical (unpaired) electrons. The molecule has 0 spiro atoms. The summed E-state index contributed by atoms with van der Waals surface area (Å²) in [7, 11) is 0. The van der Waals surface area contributed by atoms with Crippen molar-refractivity contribution in [1.82, 2.24) is 0 Å². The highest BCUT2D eigenvalue weighted by Gasteiger charge is 2.30. The number of epoxide rings is 1. The van der Waals surface area contributed by atoms with E-state index < -0.39 is 0 Å². The van der Waals surface area contributed by atoms with Gasteiger partial charge in [-0.05, 0) is 6.92 Å². The summed E-state index contributed by atoms with van der Waals surface area (Å²) < 4.78 is 4.68. The summed E-state index contributed by atoms with van der Waals surface area (Å²) in [6.07, 6.45) is 0.316. The van der Waals surface area contributed by atoms with Crippen LogP contribution in [0.15, 0.2) is 0 Å². The lowest BCUT2D eigenvalue weighted by molar-refractivity contribution is 0.411. The van der Waals surface area contributed by atoms with Gasteiger partial charge in [-0.25, -0.2) is 0 Å². The van der Waals surface area contributed by atoms with Crippen molar-refractivity contribution in [2.24, 2.45) is 0 Å². The quantitative estimate of drug-likeness (QED) is 0.371. The van der Waals surface area contributed by atoms with Crippen LogP contribution >= 0.6 is 11.6 Å². The van der Waals surface area contributed by atoms with Crippen LogP contribution in [0.1, 0.15) is 13.8 Å². The maximum Gasteiger partial charge on any atom is 0.157 e. The highest BCUT2D eigenvalue weighted by molar-refractivity contribution is 6.21. The molecule has 0 saturated carbocycles. The van der Waals surface area contributed by atoms with Crippen molar-refractivity contribution < 1.29 is 4.74 Å². The van der Waals surface area contributed by atoms with Gasteiger partial charge in [0.1, 0.15) is 0 Å². The zero-order chi connectivity index (χ0) is 6.57. The molecule has 1 fully saturated rings. The van der Waals surface area contributed by atoms with Crippen LogP contribution in [0, 0.1) is 11.3 Å². The molecule has 1 aliphatic rings. The first kappa shape index (κ1) is 7.74. The molecule has 2 nitrogen and oxygen atoms in total. The molecule has 1 heterocycles. The molecule has 0 aliphatic carbocycles. The maximum atomic E-state index is 7.32. The smallest absolute Gasteiger partial charge is 0.157 e. The SMILES string of the molecule is CC#N.CC1OC1Cl. The second-order valence-corrected chi connectivity index (χ2v) is 1.85. The molecule has 2 unspecified atom stereocenters. The molecular formula is C5H8ClNO. The molecule has 0 N–H and O–H groups in total. The zero-order valence-electron chi connectivity index (χ0n) is 4.89. The van der Waals surface area contributed by atoms with Gasteiger partial charge >= 0.3 is 0 Å². The average Bonchev–Trinajstić information content (AvgIpc) is 2.22. The van der Waals surface area contributed by atoms with E-state index in [0.717, 1.165) is 0 Å². The van der Waals surface area contributed by atoms with Crippen LogP contribution in [0.25, 0.3) is 0 Å². The van der Waals surface area contributed by atoms with Crippen molar-refractivity contribution in [2.75, 3.05) is 0 Å². The van der Waals surface area contributed by atoms with Gasteiger partial charge in [-0.15, -0.1) is 0 Å². The van der Waals surface area contributed by atoms with Crippen LogP contribution < -0.4 is 0 Å². The number of rotatable bonds is 0. The number of halogens is 1. The third-order valence-corrected chi connectivity index (χ3v) is 1.09. The Morgan fingerprint density at radius 3 is 1.88 bits per heavy atom. The summed E-state index contributed by atoms with van der Waals surface area (Å²) in [6.45, 7) is 3.37. The molecule has 2 atom stereocenters. The van der Waals surface area contributed by atoms with Crippen LogP contribution in [0.2, 0.25) is 0 Å². The second-order valence-electron chi connectivity index (χ2n) is 1.42. The van der Waals surface area contributed by atoms with Crippen LogP contribution in [-0.2, 0) is 4.74 Å². The van der Waals surface area contributed by atoms with Gasteiger partial charge in [-0.1, -0.05) is 11.6 Å². The molecule has 0 aromatic heterocycles. The number of nitrogens with zero attached hydrogens (tertiary/aromatic N) is 1. The minimum Gasteiger partial charge on any atom is -0.353 e. The van der Waals surface area contributed by atoms with Gasteiger partial charge in [0.15, 0.2) is 5.56 Å². The number of nitriles is 1. The van der Waals surface area contributed by atoms with E-state index >= 15 is 0 Å². The van der Waals surface area contributed by atoms with Gasteiger partial charge in [0.25, 0.3) is 0 Å². The van der Waals surface area contributed by atoms with E-state index in [1.807, 2.05) is 6.92 Å². The first-order valence-electron chi connectivity index (χ1n) is 2.32. The monoisotopic (exact) mass is 133 g/mol. The van der Waals surface area contributed by atoms with Crippen molar-refractivity contribution in [3.8, 4) is 6.07 Å². The number of hydrogen-bond acceptors (Lipinski definition) is 2. The number of ether oxygens (including phenoxy) is 1. The second kappa shape index (κ2) is 3.71. The number of hydrogen-bond donors (Lipinski definition) is 0. The van der Waals surface area contributed by atoms with Gasteiger partial charge in [-0.3, -0.25) is 0 Å². The van der Waals surface area contributed by atoms with E-state index in [2.05, 4.69) is 4.74 Å². The van der Waals surface area contributed by atoms with Crippen LogP contribution in [-0.4, -0.2) is 11.7 Å². The molecule has 0 amide bonds. The number of alkyl halides is 1. The van der Waals surface area contributed by atoms with Gasteiger partial charge < -0.3 is 4.74 Å². The van der Waals surface area contributed by atoms with Gasteiger partial charge in [-0.2, -0.15) is 5.26 Å². The van der Waals surface area contributed by atoms with Gasteiger partial charge in [0.05, 0.1) is 12.2 Å². The minimum atomic E-state index is 0.0231. The summed E-state index contributed by atoms with van der Waals surface area (Å²) in [5.41, 5.74) is 0.0231. The Bertz CT molecular complexity index is 93.1. The van der Waals surface area contributed by atoms with Crippen LogP contribution in [0.4, 0.5) is 0 Å². The molecule has 1 saturated heterocycles. The largest absolute Gasteiger partial charge is 0.353 e. The minimum absolute atomic E-state index is 0.0231. The van der Waals surface area contributed by atoms with E-state index in [0.29, 0.717) is 6.10 Å². The predicted octanol–water partition coefficient (Wildman–Crippen LogP) is 1.50. The lowest BCUT2D eigenvalue weighted by Gasteiger charge is -1.55. The molecule has 0 aromatic rings. The highest BCUT2D eigenvalue weighted by atomic mass is 35.5. The van der Waals surface area contributed by atoms with Crippen LogP contribution in [0.3, 0.4) is 0 Å². The average molecular weight is 134 g/mol. The highest BCUT2D eigenvalue weighted by Crippen LogP contribution is 2.23. The Hall–Kier alpha value is -0.260. The summed E-state index contributed by atoms with van der Waals surface area (Å²) in [6, 6.07) is 1.75. The Balaban J connectivity index is 0.000000145. The fourth-order valence-corrected chi connectivity index (χ4v) is 0.322. The van der Waals surface area contributed by atoms with E-state index in [1.165, 1.54) is 6.92 Å². The molecule has 0 bridgehead atoms. The fourth-order valence-electron chi connectivity index (χ4n) is 0.160. The predicted molar refractivity (Wildman–Crippen MR) is 31.5 cm³/mol. The molecule has 0 aromatic carbocycles. The fraction of sp³-hybridized carbons (Fsp3) is 0.800. The molecule has 8 heavy (non-hydrogen) atoms. The lowest BCUT2D eigenvalue weighted by Crippen LogP contribution is -1.69. The molecular weight excluding hydrogens is 126 g/mol.